The lowest BCUT2D eigenvalue weighted by molar-refractivity contribution is 0.515. The summed E-state index contributed by atoms with van der Waals surface area (Å²) in [5, 5.41) is 0. The average molecular weight is 150 g/mol. The molecule has 0 aromatic heterocycles. The van der Waals surface area contributed by atoms with Crippen LogP contribution in [0.2, 0.25) is 0 Å². The Morgan fingerprint density at radius 1 is 1.36 bits per heavy atom. The van der Waals surface area contributed by atoms with Crippen LogP contribution >= 0.6 is 0 Å². The van der Waals surface area contributed by atoms with Gasteiger partial charge < -0.3 is 0 Å². The van der Waals surface area contributed by atoms with E-state index in [9.17, 15) is 0 Å². The van der Waals surface area contributed by atoms with Gasteiger partial charge in [-0.05, 0) is 11.3 Å². The van der Waals surface area contributed by atoms with Crippen molar-refractivity contribution in [2.24, 2.45) is 11.3 Å². The standard InChI is InChI=1S/C11H18/c1-7-10(8-9(2)3)11(4,5)6/h1,8-9H,2-6H3/b10-8+. The maximum Gasteiger partial charge on any atom is 0.00339 e. The highest BCUT2D eigenvalue weighted by atomic mass is 14.2. The Hall–Kier alpha value is -0.700. The molecule has 62 valence electrons. The fourth-order valence-electron chi connectivity index (χ4n) is 0.848. The van der Waals surface area contributed by atoms with E-state index in [0.29, 0.717) is 5.92 Å². The molecular weight excluding hydrogens is 132 g/mol. The average Bonchev–Trinajstić information content (AvgIpc) is 1.79. The molecule has 0 aromatic carbocycles. The Bertz CT molecular complexity index is 181. The predicted molar refractivity (Wildman–Crippen MR) is 51.2 cm³/mol. The van der Waals surface area contributed by atoms with Gasteiger partial charge in [-0.1, -0.05) is 46.6 Å². The van der Waals surface area contributed by atoms with Crippen LogP contribution in [0.1, 0.15) is 34.6 Å². The van der Waals surface area contributed by atoms with Crippen LogP contribution < -0.4 is 0 Å². The van der Waals surface area contributed by atoms with Crippen molar-refractivity contribution in [3.8, 4) is 12.3 Å². The van der Waals surface area contributed by atoms with E-state index >= 15 is 0 Å². The van der Waals surface area contributed by atoms with Crippen LogP contribution in [-0.4, -0.2) is 0 Å². The fourth-order valence-corrected chi connectivity index (χ4v) is 0.848. The van der Waals surface area contributed by atoms with Crippen LogP contribution in [0.25, 0.3) is 0 Å². The Kier molecular flexibility index (Phi) is 3.39. The zero-order valence-corrected chi connectivity index (χ0v) is 8.23. The van der Waals surface area contributed by atoms with Gasteiger partial charge in [0.2, 0.25) is 0 Å². The summed E-state index contributed by atoms with van der Waals surface area (Å²) in [5.41, 5.74) is 1.23. The first-order valence-corrected chi connectivity index (χ1v) is 4.07. The maximum atomic E-state index is 5.39. The predicted octanol–water partition coefficient (Wildman–Crippen LogP) is 3.25. The minimum atomic E-state index is 0.124. The van der Waals surface area contributed by atoms with Gasteiger partial charge in [-0.15, -0.1) is 6.42 Å². The largest absolute Gasteiger partial charge is 0.115 e. The molecular formula is C11H18. The summed E-state index contributed by atoms with van der Waals surface area (Å²) in [4.78, 5) is 0. The van der Waals surface area contributed by atoms with Crippen molar-refractivity contribution in [3.63, 3.8) is 0 Å². The van der Waals surface area contributed by atoms with E-state index in [1.807, 2.05) is 0 Å². The van der Waals surface area contributed by atoms with Crippen LogP contribution in [0.15, 0.2) is 11.6 Å². The summed E-state index contributed by atoms with van der Waals surface area (Å²) in [7, 11) is 0. The number of rotatable bonds is 1. The molecule has 0 aliphatic rings. The van der Waals surface area contributed by atoms with E-state index < -0.39 is 0 Å². The molecule has 0 unspecified atom stereocenters. The van der Waals surface area contributed by atoms with E-state index in [1.54, 1.807) is 0 Å². The lowest BCUT2D eigenvalue weighted by atomic mass is 9.85. The van der Waals surface area contributed by atoms with Crippen LogP contribution in [0, 0.1) is 23.7 Å². The van der Waals surface area contributed by atoms with E-state index in [-0.39, 0.29) is 5.41 Å². The van der Waals surface area contributed by atoms with Gasteiger partial charge in [-0.25, -0.2) is 0 Å². The maximum absolute atomic E-state index is 5.39. The summed E-state index contributed by atoms with van der Waals surface area (Å²) in [6.07, 6.45) is 7.54. The minimum Gasteiger partial charge on any atom is -0.115 e. The molecule has 0 N–H and O–H groups in total. The zero-order valence-electron chi connectivity index (χ0n) is 8.23. The molecule has 0 fully saturated rings. The second-order valence-corrected chi connectivity index (χ2v) is 4.22. The summed E-state index contributed by atoms with van der Waals surface area (Å²) < 4.78 is 0. The van der Waals surface area contributed by atoms with Crippen molar-refractivity contribution in [1.82, 2.24) is 0 Å². The number of allylic oxidation sites excluding steroid dienone is 2. The molecule has 0 amide bonds. The van der Waals surface area contributed by atoms with Gasteiger partial charge in [0.15, 0.2) is 0 Å². The molecule has 0 nitrogen and oxygen atoms in total. The quantitative estimate of drug-likeness (QED) is 0.503. The summed E-state index contributed by atoms with van der Waals surface area (Å²) >= 11 is 0. The molecule has 0 saturated heterocycles. The van der Waals surface area contributed by atoms with Gasteiger partial charge in [0.25, 0.3) is 0 Å². The minimum absolute atomic E-state index is 0.124. The zero-order chi connectivity index (χ0) is 9.07. The Morgan fingerprint density at radius 2 is 1.82 bits per heavy atom. The van der Waals surface area contributed by atoms with Crippen molar-refractivity contribution in [3.05, 3.63) is 11.6 Å². The first-order chi connectivity index (χ1) is 4.88. The topological polar surface area (TPSA) is 0 Å². The van der Waals surface area contributed by atoms with E-state index in [1.165, 1.54) is 0 Å². The van der Waals surface area contributed by atoms with Crippen molar-refractivity contribution in [2.75, 3.05) is 0 Å². The SMILES string of the molecule is C#C/C(=C\C(C)C)C(C)(C)C. The van der Waals surface area contributed by atoms with E-state index in [0.717, 1.165) is 5.57 Å². The third-order valence-corrected chi connectivity index (χ3v) is 1.46. The van der Waals surface area contributed by atoms with Crippen molar-refractivity contribution in [2.45, 2.75) is 34.6 Å². The van der Waals surface area contributed by atoms with Gasteiger partial charge in [0.05, 0.1) is 0 Å². The molecule has 0 spiro atoms. The Labute approximate surface area is 70.7 Å². The van der Waals surface area contributed by atoms with Gasteiger partial charge in [0, 0.05) is 5.57 Å². The molecule has 0 radical (unpaired) electrons. The van der Waals surface area contributed by atoms with Gasteiger partial charge >= 0.3 is 0 Å². The first kappa shape index (κ1) is 10.3. The highest BCUT2D eigenvalue weighted by Gasteiger charge is 2.14. The second kappa shape index (κ2) is 3.62. The smallest absolute Gasteiger partial charge is 0.00339 e. The molecule has 11 heavy (non-hydrogen) atoms. The monoisotopic (exact) mass is 150 g/mol. The van der Waals surface area contributed by atoms with Crippen LogP contribution in [0.5, 0.6) is 0 Å². The molecule has 0 saturated carbocycles. The number of hydrogen-bond acceptors (Lipinski definition) is 0. The molecule has 0 aliphatic heterocycles. The lowest BCUT2D eigenvalue weighted by Crippen LogP contribution is -2.08. The van der Waals surface area contributed by atoms with Gasteiger partial charge in [-0.3, -0.25) is 0 Å². The number of terminal acetylenes is 1. The summed E-state index contributed by atoms with van der Waals surface area (Å²) in [5.74, 6) is 3.28. The first-order valence-electron chi connectivity index (χ1n) is 4.07. The second-order valence-electron chi connectivity index (χ2n) is 4.22. The van der Waals surface area contributed by atoms with E-state index in [4.69, 9.17) is 6.42 Å². The third-order valence-electron chi connectivity index (χ3n) is 1.46. The van der Waals surface area contributed by atoms with Crippen LogP contribution in [-0.2, 0) is 0 Å². The van der Waals surface area contributed by atoms with Gasteiger partial charge in [-0.2, -0.15) is 0 Å². The van der Waals surface area contributed by atoms with Crippen molar-refractivity contribution >= 4 is 0 Å². The highest BCUT2D eigenvalue weighted by molar-refractivity contribution is 5.30. The summed E-state index contributed by atoms with van der Waals surface area (Å²) in [6.45, 7) is 10.7. The molecule has 0 heterocycles. The molecule has 0 aliphatic carbocycles. The van der Waals surface area contributed by atoms with Crippen LogP contribution in [0.4, 0.5) is 0 Å². The van der Waals surface area contributed by atoms with Crippen LogP contribution in [0.3, 0.4) is 0 Å². The van der Waals surface area contributed by atoms with Crippen molar-refractivity contribution in [1.29, 1.82) is 0 Å². The molecule has 0 bridgehead atoms. The molecule has 0 aromatic rings. The molecule has 0 rings (SSSR count). The molecule has 0 atom stereocenters. The Morgan fingerprint density at radius 3 is 1.91 bits per heavy atom. The normalized spacial score (nSPS) is 13.4. The molecule has 0 heteroatoms. The fraction of sp³-hybridized carbons (Fsp3) is 0.636. The summed E-state index contributed by atoms with van der Waals surface area (Å²) in [6, 6.07) is 0. The number of hydrogen-bond donors (Lipinski definition) is 0. The van der Waals surface area contributed by atoms with E-state index in [2.05, 4.69) is 46.6 Å². The highest BCUT2D eigenvalue weighted by Crippen LogP contribution is 2.25. The van der Waals surface area contributed by atoms with Crippen molar-refractivity contribution < 1.29 is 0 Å². The third kappa shape index (κ3) is 3.88. The Balaban J connectivity index is 4.58. The van der Waals surface area contributed by atoms with Gasteiger partial charge in [0.1, 0.15) is 0 Å². The lowest BCUT2D eigenvalue weighted by Gasteiger charge is -2.19.